The molecule has 2 fully saturated rings. The molecule has 2 aliphatic rings. The lowest BCUT2D eigenvalue weighted by molar-refractivity contribution is -0.136. The average Bonchev–Trinajstić information content (AvgIpc) is 3.17. The molecule has 0 saturated heterocycles. The van der Waals surface area contributed by atoms with Gasteiger partial charge in [0, 0.05) is 16.7 Å². The van der Waals surface area contributed by atoms with E-state index in [0.29, 0.717) is 18.3 Å². The van der Waals surface area contributed by atoms with Crippen molar-refractivity contribution < 1.29 is 9.90 Å². The molecule has 2 saturated carbocycles. The fourth-order valence-corrected chi connectivity index (χ4v) is 4.30. The molecule has 0 atom stereocenters. The number of aromatic nitrogens is 1. The van der Waals surface area contributed by atoms with E-state index in [2.05, 4.69) is 0 Å². The molecule has 0 bridgehead atoms. The minimum absolute atomic E-state index is 0.242. The molecule has 1 aromatic rings. The minimum atomic E-state index is -0.700. The van der Waals surface area contributed by atoms with Gasteiger partial charge < -0.3 is 5.11 Å². The van der Waals surface area contributed by atoms with Crippen LogP contribution in [0.1, 0.15) is 78.8 Å². The Labute approximate surface area is 118 Å². The van der Waals surface area contributed by atoms with E-state index in [9.17, 15) is 4.79 Å². The molecule has 0 radical (unpaired) electrons. The standard InChI is InChI=1S/C15H21NO2S/c17-13(18)9-8-12-14(10-6-7-10)16-15(19-12)11-4-2-1-3-5-11/h10-11H,1-9H2,(H,17,18). The van der Waals surface area contributed by atoms with Crippen LogP contribution in [0.3, 0.4) is 0 Å². The van der Waals surface area contributed by atoms with Crippen LogP contribution in [-0.4, -0.2) is 16.1 Å². The molecule has 1 heterocycles. The van der Waals surface area contributed by atoms with E-state index in [0.717, 1.165) is 0 Å². The second kappa shape index (κ2) is 5.61. The van der Waals surface area contributed by atoms with Crippen molar-refractivity contribution in [2.45, 2.75) is 69.6 Å². The Bertz CT molecular complexity index is 459. The third kappa shape index (κ3) is 3.16. The monoisotopic (exact) mass is 279 g/mol. The highest BCUT2D eigenvalue weighted by Crippen LogP contribution is 2.45. The highest BCUT2D eigenvalue weighted by atomic mass is 32.1. The van der Waals surface area contributed by atoms with Crippen molar-refractivity contribution in [1.82, 2.24) is 4.98 Å². The van der Waals surface area contributed by atoms with Gasteiger partial charge in [0.1, 0.15) is 0 Å². The van der Waals surface area contributed by atoms with Gasteiger partial charge in [-0.1, -0.05) is 19.3 Å². The predicted octanol–water partition coefficient (Wildman–Crippen LogP) is 4.09. The highest BCUT2D eigenvalue weighted by Gasteiger charge is 2.31. The normalized spacial score (nSPS) is 20.6. The van der Waals surface area contributed by atoms with Crippen LogP contribution in [-0.2, 0) is 11.2 Å². The van der Waals surface area contributed by atoms with Gasteiger partial charge in [0.25, 0.3) is 0 Å². The fourth-order valence-electron chi connectivity index (χ4n) is 2.98. The van der Waals surface area contributed by atoms with Crippen LogP contribution >= 0.6 is 11.3 Å². The first-order chi connectivity index (χ1) is 9.24. The number of hydrogen-bond acceptors (Lipinski definition) is 3. The summed E-state index contributed by atoms with van der Waals surface area (Å²) in [6, 6.07) is 0. The van der Waals surface area contributed by atoms with Crippen molar-refractivity contribution in [2.24, 2.45) is 0 Å². The molecule has 4 heteroatoms. The Balaban J connectivity index is 1.77. The van der Waals surface area contributed by atoms with E-state index in [4.69, 9.17) is 10.1 Å². The Kier molecular flexibility index (Phi) is 3.87. The van der Waals surface area contributed by atoms with Crippen LogP contribution in [0.25, 0.3) is 0 Å². The number of hydrogen-bond donors (Lipinski definition) is 1. The summed E-state index contributed by atoms with van der Waals surface area (Å²) in [5.74, 6) is 0.585. The van der Waals surface area contributed by atoms with Crippen molar-refractivity contribution in [3.05, 3.63) is 15.6 Å². The molecule has 1 N–H and O–H groups in total. The lowest BCUT2D eigenvalue weighted by Crippen LogP contribution is -2.04. The van der Waals surface area contributed by atoms with Crippen molar-refractivity contribution in [3.8, 4) is 0 Å². The molecule has 0 amide bonds. The Morgan fingerprint density at radius 2 is 1.89 bits per heavy atom. The van der Waals surface area contributed by atoms with Gasteiger partial charge in [-0.2, -0.15) is 0 Å². The van der Waals surface area contributed by atoms with Gasteiger partial charge in [0.2, 0.25) is 0 Å². The molecule has 0 aromatic carbocycles. The Morgan fingerprint density at radius 3 is 2.53 bits per heavy atom. The first kappa shape index (κ1) is 13.1. The Hall–Kier alpha value is -0.900. The van der Waals surface area contributed by atoms with Gasteiger partial charge in [0.15, 0.2) is 0 Å². The molecule has 3 nitrogen and oxygen atoms in total. The fraction of sp³-hybridized carbons (Fsp3) is 0.733. The van der Waals surface area contributed by atoms with Crippen molar-refractivity contribution in [3.63, 3.8) is 0 Å². The van der Waals surface area contributed by atoms with E-state index in [-0.39, 0.29) is 6.42 Å². The maximum atomic E-state index is 10.8. The highest BCUT2D eigenvalue weighted by molar-refractivity contribution is 7.11. The smallest absolute Gasteiger partial charge is 0.303 e. The number of nitrogens with zero attached hydrogens (tertiary/aromatic N) is 1. The zero-order valence-corrected chi connectivity index (χ0v) is 12.0. The second-order valence-corrected chi connectivity index (χ2v) is 6.98. The van der Waals surface area contributed by atoms with Crippen LogP contribution in [0.5, 0.6) is 0 Å². The average molecular weight is 279 g/mol. The number of carboxylic acids is 1. The minimum Gasteiger partial charge on any atom is -0.481 e. The lowest BCUT2D eigenvalue weighted by atomic mass is 9.90. The van der Waals surface area contributed by atoms with Gasteiger partial charge in [0.05, 0.1) is 17.1 Å². The summed E-state index contributed by atoms with van der Waals surface area (Å²) >= 11 is 1.80. The van der Waals surface area contributed by atoms with Crippen LogP contribution in [0, 0.1) is 0 Å². The summed E-state index contributed by atoms with van der Waals surface area (Å²) in [4.78, 5) is 16.9. The second-order valence-electron chi connectivity index (χ2n) is 5.86. The zero-order valence-electron chi connectivity index (χ0n) is 11.2. The summed E-state index contributed by atoms with van der Waals surface area (Å²) in [5.41, 5.74) is 1.24. The summed E-state index contributed by atoms with van der Waals surface area (Å²) in [6.45, 7) is 0. The Morgan fingerprint density at radius 1 is 1.16 bits per heavy atom. The third-order valence-electron chi connectivity index (χ3n) is 4.23. The number of thiazole rings is 1. The molecular weight excluding hydrogens is 258 g/mol. The van der Waals surface area contributed by atoms with Crippen LogP contribution in [0.2, 0.25) is 0 Å². The first-order valence-electron chi connectivity index (χ1n) is 7.45. The zero-order chi connectivity index (χ0) is 13.2. The predicted molar refractivity (Wildman–Crippen MR) is 75.9 cm³/mol. The molecule has 0 aliphatic heterocycles. The van der Waals surface area contributed by atoms with Crippen LogP contribution in [0.4, 0.5) is 0 Å². The summed E-state index contributed by atoms with van der Waals surface area (Å²) in [5, 5.41) is 10.2. The summed E-state index contributed by atoms with van der Waals surface area (Å²) in [7, 11) is 0. The number of carbonyl (C=O) groups is 1. The van der Waals surface area contributed by atoms with Crippen LogP contribution in [0.15, 0.2) is 0 Å². The van der Waals surface area contributed by atoms with Crippen LogP contribution < -0.4 is 0 Å². The van der Waals surface area contributed by atoms with E-state index >= 15 is 0 Å². The van der Waals surface area contributed by atoms with Gasteiger partial charge in [-0.05, 0) is 32.1 Å². The van der Waals surface area contributed by atoms with E-state index in [1.165, 1.54) is 60.5 Å². The summed E-state index contributed by atoms with van der Waals surface area (Å²) < 4.78 is 0. The van der Waals surface area contributed by atoms with Gasteiger partial charge in [-0.3, -0.25) is 4.79 Å². The maximum absolute atomic E-state index is 10.8. The molecule has 19 heavy (non-hydrogen) atoms. The van der Waals surface area contributed by atoms with Crippen molar-refractivity contribution in [2.75, 3.05) is 0 Å². The number of aryl methyl sites for hydroxylation is 1. The summed E-state index contributed by atoms with van der Waals surface area (Å²) in [6.07, 6.45) is 9.97. The van der Waals surface area contributed by atoms with E-state index in [1.54, 1.807) is 11.3 Å². The van der Waals surface area contributed by atoms with E-state index < -0.39 is 5.97 Å². The molecular formula is C15H21NO2S. The molecule has 2 aliphatic carbocycles. The van der Waals surface area contributed by atoms with Gasteiger partial charge in [-0.15, -0.1) is 11.3 Å². The number of carboxylic acid groups (broad SMARTS) is 1. The topological polar surface area (TPSA) is 50.2 Å². The molecule has 3 rings (SSSR count). The van der Waals surface area contributed by atoms with E-state index in [1.807, 2.05) is 0 Å². The molecule has 0 spiro atoms. The van der Waals surface area contributed by atoms with Crippen molar-refractivity contribution >= 4 is 17.3 Å². The first-order valence-corrected chi connectivity index (χ1v) is 8.27. The molecule has 0 unspecified atom stereocenters. The van der Waals surface area contributed by atoms with Gasteiger partial charge in [-0.25, -0.2) is 4.98 Å². The molecule has 104 valence electrons. The molecule has 1 aromatic heterocycles. The maximum Gasteiger partial charge on any atom is 0.303 e. The number of aliphatic carboxylic acids is 1. The number of rotatable bonds is 5. The lowest BCUT2D eigenvalue weighted by Gasteiger charge is -2.18. The third-order valence-corrected chi connectivity index (χ3v) is 5.52. The van der Waals surface area contributed by atoms with Crippen molar-refractivity contribution in [1.29, 1.82) is 0 Å². The quantitative estimate of drug-likeness (QED) is 0.883. The largest absolute Gasteiger partial charge is 0.481 e. The SMILES string of the molecule is O=C(O)CCc1sc(C2CCCCC2)nc1C1CC1. The van der Waals surface area contributed by atoms with Gasteiger partial charge >= 0.3 is 5.97 Å².